The molecule has 0 aromatic carbocycles. The Morgan fingerprint density at radius 3 is 0.782 bits per heavy atom. The minimum absolute atomic E-state index is 0.0751. The van der Waals surface area contributed by atoms with Gasteiger partial charge in [-0.15, -0.1) is 0 Å². The zero-order chi connectivity index (χ0) is 56.4. The van der Waals surface area contributed by atoms with E-state index in [2.05, 4.69) is 81.5 Å². The molecule has 0 aliphatic carbocycles. The predicted octanol–water partition coefficient (Wildman–Crippen LogP) is 23.5. The van der Waals surface area contributed by atoms with Crippen LogP contribution in [0.4, 0.5) is 0 Å². The van der Waals surface area contributed by atoms with Crippen LogP contribution in [0.5, 0.6) is 0 Å². The molecule has 1 atom stereocenters. The highest BCUT2D eigenvalue weighted by atomic mass is 16.6. The summed E-state index contributed by atoms with van der Waals surface area (Å²) in [5, 5.41) is 0. The second-order valence-corrected chi connectivity index (χ2v) is 23.1. The maximum Gasteiger partial charge on any atom is 0.306 e. The maximum absolute atomic E-state index is 12.9. The highest BCUT2D eigenvalue weighted by molar-refractivity contribution is 5.71. The van der Waals surface area contributed by atoms with E-state index >= 15 is 0 Å². The minimum atomic E-state index is -0.778. The normalized spacial score (nSPS) is 12.4. The number of carbonyl (C=O) groups excluding carboxylic acids is 3. The zero-order valence-electron chi connectivity index (χ0n) is 52.2. The summed E-state index contributed by atoms with van der Waals surface area (Å²) < 4.78 is 16.9. The van der Waals surface area contributed by atoms with E-state index in [-0.39, 0.29) is 31.1 Å². The standard InChI is InChI=1S/C72H130O6/c1-4-7-10-13-16-19-22-24-26-28-29-30-31-32-33-34-35-36-37-38-39-40-41-42-43-45-46-48-50-53-56-59-62-65-71(74)77-68-69(67-76-70(73)64-61-58-55-52-21-18-15-12-9-6-3)78-72(75)66-63-60-57-54-51-49-47-44-27-25-23-20-17-14-11-8-5-2/h12,15,22,24-25,27-29,31-32,69H,4-11,13-14,16-21,23,26,30,33-68H2,1-3H3/b15-12-,24-22-,27-25-,29-28-,32-31-. The number of carbonyl (C=O) groups is 3. The first-order valence-electron chi connectivity index (χ1n) is 34.3. The average Bonchev–Trinajstić information content (AvgIpc) is 3.44. The van der Waals surface area contributed by atoms with Crippen molar-refractivity contribution in [2.24, 2.45) is 0 Å². The lowest BCUT2D eigenvalue weighted by Crippen LogP contribution is -2.30. The van der Waals surface area contributed by atoms with Gasteiger partial charge in [-0.05, 0) is 103 Å². The first-order chi connectivity index (χ1) is 38.5. The van der Waals surface area contributed by atoms with Crippen molar-refractivity contribution in [1.29, 1.82) is 0 Å². The van der Waals surface area contributed by atoms with Crippen molar-refractivity contribution in [3.63, 3.8) is 0 Å². The van der Waals surface area contributed by atoms with Crippen LogP contribution in [0, 0.1) is 0 Å². The summed E-state index contributed by atoms with van der Waals surface area (Å²) in [4.78, 5) is 38.2. The van der Waals surface area contributed by atoms with Gasteiger partial charge in [0, 0.05) is 19.3 Å². The van der Waals surface area contributed by atoms with E-state index in [9.17, 15) is 14.4 Å². The molecule has 0 heterocycles. The topological polar surface area (TPSA) is 78.9 Å². The van der Waals surface area contributed by atoms with Gasteiger partial charge in [-0.3, -0.25) is 14.4 Å². The number of esters is 3. The van der Waals surface area contributed by atoms with Crippen LogP contribution in [-0.4, -0.2) is 37.2 Å². The third-order valence-electron chi connectivity index (χ3n) is 15.2. The third-order valence-corrected chi connectivity index (χ3v) is 15.2. The van der Waals surface area contributed by atoms with Gasteiger partial charge in [0.25, 0.3) is 0 Å². The second-order valence-electron chi connectivity index (χ2n) is 23.1. The number of rotatable bonds is 63. The summed E-state index contributed by atoms with van der Waals surface area (Å²) in [5.41, 5.74) is 0. The molecule has 0 saturated heterocycles. The molecule has 0 rings (SSSR count). The molecule has 454 valence electrons. The second kappa shape index (κ2) is 66.6. The molecule has 78 heavy (non-hydrogen) atoms. The first kappa shape index (κ1) is 75.1. The predicted molar refractivity (Wildman–Crippen MR) is 339 cm³/mol. The van der Waals surface area contributed by atoms with Gasteiger partial charge in [0.2, 0.25) is 0 Å². The van der Waals surface area contributed by atoms with Crippen LogP contribution in [0.15, 0.2) is 60.8 Å². The molecule has 0 bridgehead atoms. The summed E-state index contributed by atoms with van der Waals surface area (Å²) >= 11 is 0. The third kappa shape index (κ3) is 63.9. The monoisotopic (exact) mass is 1090 g/mol. The van der Waals surface area contributed by atoms with Crippen molar-refractivity contribution in [3.8, 4) is 0 Å². The highest BCUT2D eigenvalue weighted by Gasteiger charge is 2.19. The molecule has 6 nitrogen and oxygen atoms in total. The minimum Gasteiger partial charge on any atom is -0.462 e. The molecule has 0 aromatic rings. The molecule has 0 amide bonds. The Labute approximate surface area is 485 Å². The van der Waals surface area contributed by atoms with Gasteiger partial charge in [-0.25, -0.2) is 0 Å². The van der Waals surface area contributed by atoms with E-state index in [1.807, 2.05) is 0 Å². The number of ether oxygens (including phenoxy) is 3. The Morgan fingerprint density at radius 1 is 0.256 bits per heavy atom. The van der Waals surface area contributed by atoms with E-state index < -0.39 is 6.10 Å². The van der Waals surface area contributed by atoms with Gasteiger partial charge in [0.05, 0.1) is 0 Å². The Bertz CT molecular complexity index is 1390. The fourth-order valence-electron chi connectivity index (χ4n) is 10.0. The quantitative estimate of drug-likeness (QED) is 0.0261. The fourth-order valence-corrected chi connectivity index (χ4v) is 10.0. The molecule has 0 aliphatic rings. The van der Waals surface area contributed by atoms with E-state index in [4.69, 9.17) is 14.2 Å². The molecule has 0 spiro atoms. The number of unbranched alkanes of at least 4 members (excludes halogenated alkanes) is 42. The van der Waals surface area contributed by atoms with Crippen molar-refractivity contribution in [3.05, 3.63) is 60.8 Å². The smallest absolute Gasteiger partial charge is 0.306 e. The molecule has 0 saturated carbocycles. The molecule has 0 aromatic heterocycles. The van der Waals surface area contributed by atoms with Crippen molar-refractivity contribution < 1.29 is 28.6 Å². The lowest BCUT2D eigenvalue weighted by atomic mass is 10.0. The van der Waals surface area contributed by atoms with Crippen molar-refractivity contribution in [2.45, 2.75) is 367 Å². The summed E-state index contributed by atoms with van der Waals surface area (Å²) in [5.74, 6) is -0.873. The van der Waals surface area contributed by atoms with E-state index in [0.717, 1.165) is 83.5 Å². The largest absolute Gasteiger partial charge is 0.462 e. The van der Waals surface area contributed by atoms with Gasteiger partial charge in [-0.1, -0.05) is 300 Å². The maximum atomic E-state index is 12.9. The molecule has 0 fully saturated rings. The van der Waals surface area contributed by atoms with Crippen LogP contribution < -0.4 is 0 Å². The number of hydrogen-bond donors (Lipinski definition) is 0. The average molecular weight is 1090 g/mol. The van der Waals surface area contributed by atoms with E-state index in [1.165, 1.54) is 238 Å². The molecule has 0 N–H and O–H groups in total. The SMILES string of the molecule is CCC/C=C\CCCCCCCC(=O)OCC(COC(=O)CCCCCCCCCCCCCCCCCCCC/C=C\C/C=C\C/C=C\CCCCCCC)OC(=O)CCCCCCCCC/C=C\CCCCCCCC. The summed E-state index contributed by atoms with van der Waals surface area (Å²) in [6.45, 7) is 6.60. The van der Waals surface area contributed by atoms with Crippen molar-refractivity contribution >= 4 is 17.9 Å². The van der Waals surface area contributed by atoms with Crippen LogP contribution in [0.2, 0.25) is 0 Å². The number of allylic oxidation sites excluding steroid dienone is 10. The molecule has 1 unspecified atom stereocenters. The van der Waals surface area contributed by atoms with Gasteiger partial charge in [-0.2, -0.15) is 0 Å². The van der Waals surface area contributed by atoms with Crippen molar-refractivity contribution in [2.75, 3.05) is 13.2 Å². The Morgan fingerprint density at radius 2 is 0.487 bits per heavy atom. The Hall–Kier alpha value is -2.89. The molecular formula is C72H130O6. The fraction of sp³-hybridized carbons (Fsp3) is 0.819. The molecule has 6 heteroatoms. The zero-order valence-corrected chi connectivity index (χ0v) is 52.2. The van der Waals surface area contributed by atoms with E-state index in [1.54, 1.807) is 0 Å². The first-order valence-corrected chi connectivity index (χ1v) is 34.3. The number of hydrogen-bond acceptors (Lipinski definition) is 6. The Kier molecular flexibility index (Phi) is 64.2. The summed E-state index contributed by atoms with van der Waals surface area (Å²) in [6, 6.07) is 0. The van der Waals surface area contributed by atoms with Crippen molar-refractivity contribution in [1.82, 2.24) is 0 Å². The lowest BCUT2D eigenvalue weighted by molar-refractivity contribution is -0.167. The van der Waals surface area contributed by atoms with Gasteiger partial charge in [0.1, 0.15) is 13.2 Å². The van der Waals surface area contributed by atoms with Crippen LogP contribution in [0.3, 0.4) is 0 Å². The summed E-state index contributed by atoms with van der Waals surface area (Å²) in [7, 11) is 0. The molecule has 0 aliphatic heterocycles. The highest BCUT2D eigenvalue weighted by Crippen LogP contribution is 2.17. The summed E-state index contributed by atoms with van der Waals surface area (Å²) in [6.07, 6.45) is 85.5. The molecular weight excluding hydrogens is 961 g/mol. The van der Waals surface area contributed by atoms with Gasteiger partial charge < -0.3 is 14.2 Å². The van der Waals surface area contributed by atoms with Crippen LogP contribution in [-0.2, 0) is 28.6 Å². The van der Waals surface area contributed by atoms with Gasteiger partial charge >= 0.3 is 17.9 Å². The lowest BCUT2D eigenvalue weighted by Gasteiger charge is -2.18. The van der Waals surface area contributed by atoms with Crippen LogP contribution in [0.25, 0.3) is 0 Å². The van der Waals surface area contributed by atoms with Crippen LogP contribution >= 0.6 is 0 Å². The van der Waals surface area contributed by atoms with Gasteiger partial charge in [0.15, 0.2) is 6.10 Å². The van der Waals surface area contributed by atoms with Crippen LogP contribution in [0.1, 0.15) is 361 Å². The Balaban J connectivity index is 4.08. The molecule has 0 radical (unpaired) electrons. The van der Waals surface area contributed by atoms with E-state index in [0.29, 0.717) is 19.3 Å².